The van der Waals surface area contributed by atoms with Crippen LogP contribution in [0.25, 0.3) is 22.1 Å². The molecule has 0 bridgehead atoms. The van der Waals surface area contributed by atoms with Crippen molar-refractivity contribution in [3.63, 3.8) is 0 Å². The maximum Gasteiger partial charge on any atom is 0.238 e. The summed E-state index contributed by atoms with van der Waals surface area (Å²) in [5.41, 5.74) is 10.6. The van der Waals surface area contributed by atoms with Gasteiger partial charge in [-0.3, -0.25) is 19.0 Å². The van der Waals surface area contributed by atoms with Gasteiger partial charge in [0.25, 0.3) is 0 Å². The maximum absolute atomic E-state index is 12.8. The number of halogens is 3. The first-order chi connectivity index (χ1) is 26.6. The molecule has 0 radical (unpaired) electrons. The first-order valence-corrected chi connectivity index (χ1v) is 19.6. The molecule has 0 fully saturated rings. The van der Waals surface area contributed by atoms with Crippen molar-refractivity contribution in [2.24, 2.45) is 5.73 Å². The summed E-state index contributed by atoms with van der Waals surface area (Å²) in [4.78, 5) is 43.1. The Morgan fingerprint density at radius 2 is 1.29 bits per heavy atom. The van der Waals surface area contributed by atoms with E-state index in [-0.39, 0.29) is 17.1 Å². The van der Waals surface area contributed by atoms with Crippen LogP contribution in [0, 0.1) is 0 Å². The number of nitrogens with one attached hydrogen (secondary N) is 3. The highest BCUT2D eigenvalue weighted by atomic mass is 79.9. The van der Waals surface area contributed by atoms with Gasteiger partial charge < -0.3 is 21.7 Å². The molecule has 0 aliphatic carbocycles. The molecule has 2 aliphatic rings. The highest BCUT2D eigenvalue weighted by Gasteiger charge is 2.37. The van der Waals surface area contributed by atoms with Crippen molar-refractivity contribution >= 4 is 94.7 Å². The molecule has 6 heterocycles. The zero-order chi connectivity index (χ0) is 39.2. The molecule has 0 saturated carbocycles. The Hall–Kier alpha value is -5.03. The number of carbonyl (C=O) groups excluding carboxylic acids is 2. The minimum absolute atomic E-state index is 0.0931. The number of carbonyl (C=O) groups is 2. The second-order valence-corrected chi connectivity index (χ2v) is 14.7. The van der Waals surface area contributed by atoms with E-state index >= 15 is 0 Å². The second kappa shape index (κ2) is 17.6. The van der Waals surface area contributed by atoms with Gasteiger partial charge >= 0.3 is 0 Å². The standard InChI is InChI=1S/C19H19BrN6O.C16H13BrClN5O.C3H7N/c1-3-7-21-19-23-16(13-10-26(8-4-2)25-17(13)24-19)15-12-9-11(20)5-6-14(12)22-18(15)27;1-2-5-23-7-10-13(20-16(18)21-14(10)22-23)12-9-6-8(17)3-4-11(9)19-15(12)24;1-2-3-4/h3,5-6,9-10,15H,1,4,7-8H2,2H3,(H,22,27)(H,21,24,25);3-4,6-7,12H,2,5H2,1H3,(H,19,24);2H,1,3-4H2. The monoisotopic (exact) mass is 888 g/mol. The van der Waals surface area contributed by atoms with Crippen molar-refractivity contribution in [3.8, 4) is 0 Å². The molecule has 17 heteroatoms. The van der Waals surface area contributed by atoms with Crippen LogP contribution < -0.4 is 21.7 Å². The summed E-state index contributed by atoms with van der Waals surface area (Å²) >= 11 is 13.0. The SMILES string of the molecule is C=CCN.C=CCNc1nc(C2C(=O)Nc3ccc(Br)cc32)c2cn(CCC)nc2n1.CCCn1cc2c(C3C(=O)Nc4ccc(Br)cc43)nc(Cl)nc2n1. The van der Waals surface area contributed by atoms with E-state index in [9.17, 15) is 9.59 Å². The fraction of sp³-hybridized carbons (Fsp3) is 0.263. The Morgan fingerprint density at radius 3 is 1.76 bits per heavy atom. The number of rotatable bonds is 10. The number of hydrogen-bond acceptors (Lipinski definition) is 10. The van der Waals surface area contributed by atoms with Crippen LogP contribution in [0.15, 0.2) is 83.0 Å². The molecule has 2 atom stereocenters. The number of amides is 2. The lowest BCUT2D eigenvalue weighted by atomic mass is 9.95. The number of benzene rings is 2. The van der Waals surface area contributed by atoms with Crippen molar-refractivity contribution in [3.05, 3.63) is 111 Å². The van der Waals surface area contributed by atoms with E-state index in [1.807, 2.05) is 58.2 Å². The molecule has 55 heavy (non-hydrogen) atoms. The average Bonchev–Trinajstić information content (AvgIpc) is 3.92. The van der Waals surface area contributed by atoms with Gasteiger partial charge in [-0.05, 0) is 72.0 Å². The van der Waals surface area contributed by atoms with Crippen LogP contribution in [0.2, 0.25) is 5.28 Å². The van der Waals surface area contributed by atoms with Crippen molar-refractivity contribution in [2.45, 2.75) is 51.6 Å². The Morgan fingerprint density at radius 1 is 0.800 bits per heavy atom. The number of hydrogen-bond donors (Lipinski definition) is 4. The summed E-state index contributed by atoms with van der Waals surface area (Å²) in [6.07, 6.45) is 9.10. The Bertz CT molecular complexity index is 2410. The van der Waals surface area contributed by atoms with Crippen LogP contribution in [-0.2, 0) is 22.7 Å². The van der Waals surface area contributed by atoms with Gasteiger partial charge in [-0.1, -0.05) is 57.9 Å². The molecule has 0 spiro atoms. The van der Waals surface area contributed by atoms with Crippen LogP contribution in [0.4, 0.5) is 17.3 Å². The minimum atomic E-state index is -0.528. The molecule has 5 N–H and O–H groups in total. The third kappa shape index (κ3) is 8.62. The molecule has 4 aromatic heterocycles. The van der Waals surface area contributed by atoms with E-state index in [1.54, 1.807) is 12.2 Å². The lowest BCUT2D eigenvalue weighted by Crippen LogP contribution is -2.16. The van der Waals surface area contributed by atoms with E-state index in [0.29, 0.717) is 41.7 Å². The number of nitrogens with zero attached hydrogens (tertiary/aromatic N) is 8. The van der Waals surface area contributed by atoms with Crippen molar-refractivity contribution in [1.29, 1.82) is 0 Å². The smallest absolute Gasteiger partial charge is 0.238 e. The van der Waals surface area contributed by atoms with E-state index in [1.165, 1.54) is 0 Å². The maximum atomic E-state index is 12.8. The van der Waals surface area contributed by atoms with Crippen LogP contribution in [0.1, 0.15) is 61.0 Å². The van der Waals surface area contributed by atoms with Gasteiger partial charge in [0.15, 0.2) is 11.3 Å². The normalized spacial score (nSPS) is 15.3. The lowest BCUT2D eigenvalue weighted by molar-refractivity contribution is -0.117. The van der Waals surface area contributed by atoms with Gasteiger partial charge in [-0.15, -0.1) is 13.2 Å². The minimum Gasteiger partial charge on any atom is -0.351 e. The molecule has 6 aromatic rings. The van der Waals surface area contributed by atoms with Gasteiger partial charge in [0, 0.05) is 58.9 Å². The summed E-state index contributed by atoms with van der Waals surface area (Å²) in [6.45, 7) is 13.9. The number of nitrogens with two attached hydrogens (primary N) is 1. The molecule has 14 nitrogen and oxygen atoms in total. The first kappa shape index (κ1) is 39.7. The number of aryl methyl sites for hydroxylation is 2. The molecule has 2 aromatic carbocycles. The molecule has 2 amide bonds. The highest BCUT2D eigenvalue weighted by Crippen LogP contribution is 2.41. The van der Waals surface area contributed by atoms with Gasteiger partial charge in [-0.2, -0.15) is 20.2 Å². The number of aromatic nitrogens is 8. The van der Waals surface area contributed by atoms with Gasteiger partial charge in [-0.25, -0.2) is 9.97 Å². The fourth-order valence-electron chi connectivity index (χ4n) is 6.30. The largest absolute Gasteiger partial charge is 0.351 e. The Balaban J connectivity index is 0.000000172. The van der Waals surface area contributed by atoms with E-state index in [0.717, 1.165) is 68.2 Å². The number of fused-ring (bicyclic) bond motifs is 4. The van der Waals surface area contributed by atoms with Gasteiger partial charge in [0.1, 0.15) is 11.8 Å². The van der Waals surface area contributed by atoms with Gasteiger partial charge in [0.2, 0.25) is 23.0 Å². The molecule has 2 aliphatic heterocycles. The van der Waals surface area contributed by atoms with Crippen LogP contribution in [-0.4, -0.2) is 64.4 Å². The topological polar surface area (TPSA) is 183 Å². The summed E-state index contributed by atoms with van der Waals surface area (Å²) in [7, 11) is 0. The van der Waals surface area contributed by atoms with Crippen LogP contribution >= 0.6 is 43.5 Å². The van der Waals surface area contributed by atoms with Crippen molar-refractivity contribution in [2.75, 3.05) is 29.0 Å². The van der Waals surface area contributed by atoms with Crippen molar-refractivity contribution in [1.82, 2.24) is 39.5 Å². The van der Waals surface area contributed by atoms with E-state index < -0.39 is 11.8 Å². The lowest BCUT2D eigenvalue weighted by Gasteiger charge is -2.11. The molecule has 2 unspecified atom stereocenters. The molecule has 8 rings (SSSR count). The molecular weight excluding hydrogens is 852 g/mol. The third-order valence-corrected chi connectivity index (χ3v) is 9.75. The fourth-order valence-corrected chi connectivity index (χ4v) is 7.23. The summed E-state index contributed by atoms with van der Waals surface area (Å²) in [6, 6.07) is 11.5. The second-order valence-electron chi connectivity index (χ2n) is 12.6. The van der Waals surface area contributed by atoms with Gasteiger partial charge in [0.05, 0.1) is 22.2 Å². The quantitative estimate of drug-likeness (QED) is 0.0792. The van der Waals surface area contributed by atoms with Crippen LogP contribution in [0.3, 0.4) is 0 Å². The Labute approximate surface area is 339 Å². The average molecular weight is 891 g/mol. The van der Waals surface area contributed by atoms with Crippen molar-refractivity contribution < 1.29 is 9.59 Å². The molecular formula is C38H39Br2ClN12O2. The zero-order valence-electron chi connectivity index (χ0n) is 30.2. The Kier molecular flexibility index (Phi) is 12.7. The highest BCUT2D eigenvalue weighted by molar-refractivity contribution is 9.10. The predicted molar refractivity (Wildman–Crippen MR) is 223 cm³/mol. The summed E-state index contributed by atoms with van der Waals surface area (Å²) in [5.74, 6) is -0.815. The summed E-state index contributed by atoms with van der Waals surface area (Å²) in [5, 5.41) is 19.6. The zero-order valence-corrected chi connectivity index (χ0v) is 34.1. The van der Waals surface area contributed by atoms with E-state index in [2.05, 4.69) is 105 Å². The predicted octanol–water partition coefficient (Wildman–Crippen LogP) is 7.55. The number of anilines is 3. The summed E-state index contributed by atoms with van der Waals surface area (Å²) < 4.78 is 5.49. The first-order valence-electron chi connectivity index (χ1n) is 17.6. The van der Waals surface area contributed by atoms with E-state index in [4.69, 9.17) is 17.3 Å². The molecule has 0 saturated heterocycles. The molecule has 284 valence electrons. The van der Waals surface area contributed by atoms with Crippen LogP contribution in [0.5, 0.6) is 0 Å². The third-order valence-electron chi connectivity index (χ3n) is 8.60.